The standard InChI is InChI=1S/C10H15N3/c1-3-9(7-11-5-1)8-13-10-4-2-6-12-10/h1,3,5,7,10,12-13H,2,4,6,8H2. The molecule has 13 heavy (non-hydrogen) atoms. The number of pyridine rings is 1. The molecule has 1 aliphatic rings. The third-order valence-electron chi connectivity index (χ3n) is 2.34. The molecule has 3 nitrogen and oxygen atoms in total. The van der Waals surface area contributed by atoms with Crippen molar-refractivity contribution in [1.29, 1.82) is 0 Å². The summed E-state index contributed by atoms with van der Waals surface area (Å²) < 4.78 is 0. The second kappa shape index (κ2) is 4.35. The molecule has 0 spiro atoms. The predicted molar refractivity (Wildman–Crippen MR) is 52.1 cm³/mol. The lowest BCUT2D eigenvalue weighted by Gasteiger charge is -2.11. The number of hydrogen-bond donors (Lipinski definition) is 2. The summed E-state index contributed by atoms with van der Waals surface area (Å²) in [5, 5.41) is 6.84. The van der Waals surface area contributed by atoms with Crippen LogP contribution in [-0.4, -0.2) is 17.7 Å². The number of aromatic nitrogens is 1. The summed E-state index contributed by atoms with van der Waals surface area (Å²) in [5.74, 6) is 0. The topological polar surface area (TPSA) is 37.0 Å². The van der Waals surface area contributed by atoms with Gasteiger partial charge in [-0.2, -0.15) is 0 Å². The number of nitrogens with one attached hydrogen (secondary N) is 2. The van der Waals surface area contributed by atoms with Crippen LogP contribution < -0.4 is 10.6 Å². The summed E-state index contributed by atoms with van der Waals surface area (Å²) in [7, 11) is 0. The molecular formula is C10H15N3. The van der Waals surface area contributed by atoms with Gasteiger partial charge in [-0.25, -0.2) is 0 Å². The zero-order valence-electron chi connectivity index (χ0n) is 7.66. The first-order valence-corrected chi connectivity index (χ1v) is 4.81. The van der Waals surface area contributed by atoms with E-state index >= 15 is 0 Å². The molecule has 1 fully saturated rings. The predicted octanol–water partition coefficient (Wildman–Crippen LogP) is 0.881. The Balaban J connectivity index is 1.79. The zero-order valence-corrected chi connectivity index (χ0v) is 7.66. The first-order chi connectivity index (χ1) is 6.45. The number of nitrogens with zero attached hydrogens (tertiary/aromatic N) is 1. The van der Waals surface area contributed by atoms with Crippen LogP contribution in [0.2, 0.25) is 0 Å². The second-order valence-corrected chi connectivity index (χ2v) is 3.39. The van der Waals surface area contributed by atoms with E-state index in [-0.39, 0.29) is 0 Å². The molecule has 1 unspecified atom stereocenters. The van der Waals surface area contributed by atoms with E-state index in [9.17, 15) is 0 Å². The van der Waals surface area contributed by atoms with Gasteiger partial charge in [0.25, 0.3) is 0 Å². The van der Waals surface area contributed by atoms with Gasteiger partial charge in [0.1, 0.15) is 0 Å². The van der Waals surface area contributed by atoms with Crippen LogP contribution in [0.15, 0.2) is 24.5 Å². The van der Waals surface area contributed by atoms with E-state index in [2.05, 4.69) is 21.7 Å². The van der Waals surface area contributed by atoms with Crippen molar-refractivity contribution in [2.24, 2.45) is 0 Å². The Bertz CT molecular complexity index is 242. The van der Waals surface area contributed by atoms with E-state index in [1.54, 1.807) is 6.20 Å². The highest BCUT2D eigenvalue weighted by molar-refractivity contribution is 5.07. The Morgan fingerprint density at radius 1 is 1.62 bits per heavy atom. The highest BCUT2D eigenvalue weighted by Crippen LogP contribution is 2.03. The van der Waals surface area contributed by atoms with Crippen LogP contribution in [0.4, 0.5) is 0 Å². The second-order valence-electron chi connectivity index (χ2n) is 3.39. The molecule has 1 atom stereocenters. The maximum absolute atomic E-state index is 4.07. The first-order valence-electron chi connectivity index (χ1n) is 4.81. The summed E-state index contributed by atoms with van der Waals surface area (Å²) in [4.78, 5) is 4.07. The maximum atomic E-state index is 4.07. The van der Waals surface area contributed by atoms with Gasteiger partial charge in [-0.15, -0.1) is 0 Å². The fourth-order valence-electron chi connectivity index (χ4n) is 1.60. The Hall–Kier alpha value is -0.930. The average Bonchev–Trinajstić information content (AvgIpc) is 2.69. The summed E-state index contributed by atoms with van der Waals surface area (Å²) >= 11 is 0. The third kappa shape index (κ3) is 2.50. The minimum absolute atomic E-state index is 0.500. The molecule has 2 N–H and O–H groups in total. The molecule has 0 radical (unpaired) electrons. The van der Waals surface area contributed by atoms with Gasteiger partial charge in [0.15, 0.2) is 0 Å². The molecule has 1 aromatic heterocycles. The molecule has 1 aromatic rings. The fraction of sp³-hybridized carbons (Fsp3) is 0.500. The van der Waals surface area contributed by atoms with Crippen molar-refractivity contribution in [2.75, 3.05) is 6.54 Å². The third-order valence-corrected chi connectivity index (χ3v) is 2.34. The van der Waals surface area contributed by atoms with E-state index in [0.717, 1.165) is 13.1 Å². The SMILES string of the molecule is c1cncc(CNC2CCCN2)c1. The molecule has 1 aliphatic heterocycles. The fourth-order valence-corrected chi connectivity index (χ4v) is 1.60. The molecule has 0 bridgehead atoms. The van der Waals surface area contributed by atoms with Crippen LogP contribution in [0.1, 0.15) is 18.4 Å². The van der Waals surface area contributed by atoms with Crippen LogP contribution in [0.5, 0.6) is 0 Å². The van der Waals surface area contributed by atoms with Crippen LogP contribution >= 0.6 is 0 Å². The maximum Gasteiger partial charge on any atom is 0.0574 e. The molecule has 0 amide bonds. The van der Waals surface area contributed by atoms with Gasteiger partial charge in [-0.3, -0.25) is 10.3 Å². The van der Waals surface area contributed by atoms with Crippen molar-refractivity contribution in [3.05, 3.63) is 30.1 Å². The number of hydrogen-bond acceptors (Lipinski definition) is 3. The van der Waals surface area contributed by atoms with Crippen molar-refractivity contribution >= 4 is 0 Å². The van der Waals surface area contributed by atoms with Crippen molar-refractivity contribution < 1.29 is 0 Å². The van der Waals surface area contributed by atoms with Crippen LogP contribution in [0.3, 0.4) is 0 Å². The first kappa shape index (κ1) is 8.66. The van der Waals surface area contributed by atoms with Crippen molar-refractivity contribution in [3.8, 4) is 0 Å². The lowest BCUT2D eigenvalue weighted by atomic mass is 10.2. The van der Waals surface area contributed by atoms with Crippen molar-refractivity contribution in [3.63, 3.8) is 0 Å². The molecule has 70 valence electrons. The Labute approximate surface area is 78.6 Å². The average molecular weight is 177 g/mol. The zero-order chi connectivity index (χ0) is 8.93. The van der Waals surface area contributed by atoms with Gasteiger partial charge in [0.2, 0.25) is 0 Å². The Morgan fingerprint density at radius 2 is 2.62 bits per heavy atom. The monoisotopic (exact) mass is 177 g/mol. The van der Waals surface area contributed by atoms with E-state index < -0.39 is 0 Å². The summed E-state index contributed by atoms with van der Waals surface area (Å²) in [6.07, 6.45) is 6.73. The summed E-state index contributed by atoms with van der Waals surface area (Å²) in [6.45, 7) is 2.05. The van der Waals surface area contributed by atoms with E-state index in [4.69, 9.17) is 0 Å². The highest BCUT2D eigenvalue weighted by Gasteiger charge is 2.12. The smallest absolute Gasteiger partial charge is 0.0574 e. The van der Waals surface area contributed by atoms with E-state index in [1.807, 2.05) is 12.3 Å². The van der Waals surface area contributed by atoms with Crippen LogP contribution in [-0.2, 0) is 6.54 Å². The van der Waals surface area contributed by atoms with Gasteiger partial charge < -0.3 is 5.32 Å². The minimum atomic E-state index is 0.500. The Morgan fingerprint density at radius 3 is 3.31 bits per heavy atom. The molecule has 0 aromatic carbocycles. The summed E-state index contributed by atoms with van der Waals surface area (Å²) in [5.41, 5.74) is 1.25. The highest BCUT2D eigenvalue weighted by atomic mass is 15.1. The molecule has 0 saturated carbocycles. The molecular weight excluding hydrogens is 162 g/mol. The molecule has 1 saturated heterocycles. The van der Waals surface area contributed by atoms with Gasteiger partial charge in [-0.05, 0) is 31.0 Å². The van der Waals surface area contributed by atoms with Gasteiger partial charge >= 0.3 is 0 Å². The lowest BCUT2D eigenvalue weighted by molar-refractivity contribution is 0.482. The van der Waals surface area contributed by atoms with Crippen LogP contribution in [0, 0.1) is 0 Å². The molecule has 2 heterocycles. The summed E-state index contributed by atoms with van der Waals surface area (Å²) in [6, 6.07) is 4.06. The van der Waals surface area contributed by atoms with Crippen LogP contribution in [0.25, 0.3) is 0 Å². The lowest BCUT2D eigenvalue weighted by Crippen LogP contribution is -2.36. The largest absolute Gasteiger partial charge is 0.302 e. The van der Waals surface area contributed by atoms with Crippen molar-refractivity contribution in [1.82, 2.24) is 15.6 Å². The quantitative estimate of drug-likeness (QED) is 0.719. The molecule has 2 rings (SSSR count). The van der Waals surface area contributed by atoms with Gasteiger partial charge in [0, 0.05) is 18.9 Å². The minimum Gasteiger partial charge on any atom is -0.302 e. The van der Waals surface area contributed by atoms with E-state index in [0.29, 0.717) is 6.17 Å². The molecule has 0 aliphatic carbocycles. The van der Waals surface area contributed by atoms with E-state index in [1.165, 1.54) is 18.4 Å². The number of rotatable bonds is 3. The van der Waals surface area contributed by atoms with Gasteiger partial charge in [0.05, 0.1) is 6.17 Å². The Kier molecular flexibility index (Phi) is 2.90. The van der Waals surface area contributed by atoms with Crippen molar-refractivity contribution in [2.45, 2.75) is 25.6 Å². The normalized spacial score (nSPS) is 22.0. The van der Waals surface area contributed by atoms with Gasteiger partial charge in [-0.1, -0.05) is 6.07 Å². The molecule has 3 heteroatoms.